The van der Waals surface area contributed by atoms with E-state index in [1.54, 1.807) is 0 Å². The number of benzene rings is 1. The van der Waals surface area contributed by atoms with Gasteiger partial charge in [0.05, 0.1) is 4.90 Å². The minimum atomic E-state index is -5.65. The average molecular weight is 296 g/mol. The van der Waals surface area contributed by atoms with Crippen molar-refractivity contribution in [2.45, 2.75) is 15.3 Å². The second kappa shape index (κ2) is 5.81. The zero-order valence-corrected chi connectivity index (χ0v) is 12.0. The molecule has 0 saturated carbocycles. The Kier molecular flexibility index (Phi) is 5.83. The van der Waals surface area contributed by atoms with Crippen LogP contribution in [0.4, 0.5) is 13.2 Å². The van der Waals surface area contributed by atoms with E-state index in [4.69, 9.17) is 0 Å². The van der Waals surface area contributed by atoms with E-state index in [-0.39, 0.29) is 29.6 Å². The van der Waals surface area contributed by atoms with E-state index in [0.29, 0.717) is 6.07 Å². The Labute approximate surface area is 120 Å². The van der Waals surface area contributed by atoms with Crippen LogP contribution in [0.5, 0.6) is 0 Å². The molecule has 1 aromatic rings. The van der Waals surface area contributed by atoms with Gasteiger partial charge in [-0.2, -0.15) is 13.2 Å². The Hall–Kier alpha value is 0.0700. The van der Waals surface area contributed by atoms with Gasteiger partial charge in [-0.05, 0) is 23.2 Å². The van der Waals surface area contributed by atoms with Gasteiger partial charge in [-0.3, -0.25) is 4.21 Å². The molecule has 4 nitrogen and oxygen atoms in total. The molecule has 0 aliphatic rings. The summed E-state index contributed by atoms with van der Waals surface area (Å²) in [7, 11) is -5.65. The molecule has 0 spiro atoms. The molecule has 0 radical (unpaired) electrons. The van der Waals surface area contributed by atoms with Gasteiger partial charge in [-0.1, -0.05) is 12.1 Å². The molecule has 17 heavy (non-hydrogen) atoms. The first kappa shape index (κ1) is 17.1. The van der Waals surface area contributed by atoms with Gasteiger partial charge < -0.3 is 4.55 Å². The van der Waals surface area contributed by atoms with Crippen LogP contribution in [-0.4, -0.2) is 22.7 Å². The largest absolute Gasteiger partial charge is 1.00 e. The van der Waals surface area contributed by atoms with Crippen LogP contribution in [0.15, 0.2) is 34.1 Å². The molecule has 0 aliphatic heterocycles. The molecule has 1 rings (SSSR count). The molecule has 10 heteroatoms. The van der Waals surface area contributed by atoms with Crippen molar-refractivity contribution in [3.05, 3.63) is 24.3 Å². The molecule has 90 valence electrons. The standard InChI is InChI=1S/C7H5F3O4S2.Na/c8-7(9,10)16(13,14)6-4-2-1-3-5(6)15(11)12;/h1-4H,(H,11,12);/q;+1/p-1. The first-order valence-corrected chi connectivity index (χ1v) is 6.23. The first-order valence-electron chi connectivity index (χ1n) is 3.67. The van der Waals surface area contributed by atoms with Crippen LogP contribution in [0.1, 0.15) is 0 Å². The Morgan fingerprint density at radius 1 is 1.18 bits per heavy atom. The van der Waals surface area contributed by atoms with Crippen LogP contribution in [0.2, 0.25) is 0 Å². The summed E-state index contributed by atoms with van der Waals surface area (Å²) in [6.45, 7) is 0. The maximum absolute atomic E-state index is 12.2. The molecule has 0 aromatic heterocycles. The van der Waals surface area contributed by atoms with Crippen LogP contribution in [0.25, 0.3) is 0 Å². The Balaban J connectivity index is 0.00000256. The van der Waals surface area contributed by atoms with Crippen molar-refractivity contribution in [2.24, 2.45) is 0 Å². The van der Waals surface area contributed by atoms with Gasteiger partial charge in [0.25, 0.3) is 9.84 Å². The monoisotopic (exact) mass is 296 g/mol. The van der Waals surface area contributed by atoms with E-state index in [1.165, 1.54) is 0 Å². The first-order chi connectivity index (χ1) is 7.18. The number of sulfone groups is 1. The fraction of sp³-hybridized carbons (Fsp3) is 0.143. The van der Waals surface area contributed by atoms with Crippen molar-refractivity contribution in [2.75, 3.05) is 0 Å². The Morgan fingerprint density at radius 3 is 2.06 bits per heavy atom. The van der Waals surface area contributed by atoms with Crippen molar-refractivity contribution in [1.82, 2.24) is 0 Å². The summed E-state index contributed by atoms with van der Waals surface area (Å²) in [5, 5.41) is 0. The third-order valence-electron chi connectivity index (χ3n) is 1.62. The molecule has 0 saturated heterocycles. The van der Waals surface area contributed by atoms with Crippen LogP contribution < -0.4 is 29.6 Å². The number of hydrogen-bond donors (Lipinski definition) is 0. The van der Waals surface area contributed by atoms with E-state index in [2.05, 4.69) is 0 Å². The fourth-order valence-corrected chi connectivity index (χ4v) is 2.73. The second-order valence-corrected chi connectivity index (χ2v) is 5.45. The molecule has 0 bridgehead atoms. The van der Waals surface area contributed by atoms with Gasteiger partial charge in [0.15, 0.2) is 0 Å². The molecule has 1 unspecified atom stereocenters. The van der Waals surface area contributed by atoms with Gasteiger partial charge in [-0.15, -0.1) is 0 Å². The third kappa shape index (κ3) is 3.52. The summed E-state index contributed by atoms with van der Waals surface area (Å²) in [5.74, 6) is 0. The smallest absolute Gasteiger partial charge is 0.768 e. The van der Waals surface area contributed by atoms with Crippen LogP contribution >= 0.6 is 0 Å². The second-order valence-electron chi connectivity index (χ2n) is 2.63. The molecule has 0 N–H and O–H groups in total. The van der Waals surface area contributed by atoms with Gasteiger partial charge in [0.2, 0.25) is 0 Å². The minimum Gasteiger partial charge on any atom is -0.768 e. The van der Waals surface area contributed by atoms with Crippen LogP contribution in [-0.2, 0) is 20.9 Å². The van der Waals surface area contributed by atoms with Crippen molar-refractivity contribution in [3.8, 4) is 0 Å². The van der Waals surface area contributed by atoms with Crippen molar-refractivity contribution >= 4 is 20.9 Å². The molecular formula is C7H4F3NaO4S2. The maximum atomic E-state index is 12.2. The van der Waals surface area contributed by atoms with Crippen molar-refractivity contribution in [3.63, 3.8) is 0 Å². The minimum absolute atomic E-state index is 0. The van der Waals surface area contributed by atoms with E-state index in [0.717, 1.165) is 18.2 Å². The molecule has 0 amide bonds. The number of rotatable bonds is 2. The topological polar surface area (TPSA) is 74.3 Å². The van der Waals surface area contributed by atoms with E-state index in [1.807, 2.05) is 0 Å². The van der Waals surface area contributed by atoms with Crippen molar-refractivity contribution < 1.29 is 59.9 Å². The SMILES string of the molecule is O=S([O-])c1ccccc1S(=O)(=O)C(F)(F)F.[Na+]. The average Bonchev–Trinajstić information content (AvgIpc) is 2.16. The van der Waals surface area contributed by atoms with Gasteiger partial charge in [0.1, 0.15) is 0 Å². The Bertz CT molecular complexity index is 526. The zero-order chi connectivity index (χ0) is 12.6. The summed E-state index contributed by atoms with van der Waals surface area (Å²) >= 11 is -3.05. The summed E-state index contributed by atoms with van der Waals surface area (Å²) < 4.78 is 79.6. The quantitative estimate of drug-likeness (QED) is 0.478. The molecule has 1 atom stereocenters. The summed E-state index contributed by atoms with van der Waals surface area (Å²) in [5.41, 5.74) is -5.53. The normalized spacial score (nSPS) is 13.9. The van der Waals surface area contributed by atoms with Gasteiger partial charge in [-0.25, -0.2) is 8.42 Å². The fourth-order valence-electron chi connectivity index (χ4n) is 0.935. The zero-order valence-electron chi connectivity index (χ0n) is 8.39. The third-order valence-corrected chi connectivity index (χ3v) is 4.01. The molecular weight excluding hydrogens is 292 g/mol. The number of alkyl halides is 3. The van der Waals surface area contributed by atoms with Crippen molar-refractivity contribution in [1.29, 1.82) is 0 Å². The predicted molar refractivity (Wildman–Crippen MR) is 46.9 cm³/mol. The predicted octanol–water partition coefficient (Wildman–Crippen LogP) is -1.78. The van der Waals surface area contributed by atoms with Gasteiger partial charge >= 0.3 is 35.1 Å². The summed E-state index contributed by atoms with van der Waals surface area (Å²) in [6, 6.07) is 3.51. The maximum Gasteiger partial charge on any atom is 1.00 e. The van der Waals surface area contributed by atoms with Crippen LogP contribution in [0, 0.1) is 0 Å². The summed E-state index contributed by atoms with van der Waals surface area (Å²) in [6.07, 6.45) is 0. The number of hydrogen-bond acceptors (Lipinski definition) is 4. The van der Waals surface area contributed by atoms with E-state index < -0.39 is 36.2 Å². The molecule has 0 aliphatic carbocycles. The Morgan fingerprint density at radius 2 is 1.65 bits per heavy atom. The van der Waals surface area contributed by atoms with Crippen LogP contribution in [0.3, 0.4) is 0 Å². The number of halogens is 3. The molecule has 0 fully saturated rings. The molecule has 0 heterocycles. The summed E-state index contributed by atoms with van der Waals surface area (Å²) in [4.78, 5) is -2.17. The van der Waals surface area contributed by atoms with E-state index in [9.17, 15) is 30.4 Å². The van der Waals surface area contributed by atoms with E-state index >= 15 is 0 Å². The van der Waals surface area contributed by atoms with Gasteiger partial charge in [0, 0.05) is 4.90 Å². The molecule has 1 aromatic carbocycles.